The van der Waals surface area contributed by atoms with E-state index in [0.717, 1.165) is 35.4 Å². The summed E-state index contributed by atoms with van der Waals surface area (Å²) in [7, 11) is 0. The molecule has 3 aromatic rings. The maximum Gasteiger partial charge on any atom is 0.247 e. The lowest BCUT2D eigenvalue weighted by molar-refractivity contribution is 0.225. The van der Waals surface area contributed by atoms with Gasteiger partial charge in [0.25, 0.3) is 0 Å². The normalized spacial score (nSPS) is 15.4. The molecule has 1 N–H and O–H groups in total. The molecule has 5 nitrogen and oxygen atoms in total. The average molecular weight is 421 g/mol. The molecule has 1 aromatic heterocycles. The number of ether oxygens (including phenoxy) is 1. The van der Waals surface area contributed by atoms with Crippen LogP contribution in [-0.4, -0.2) is 20.9 Å². The Morgan fingerprint density at radius 3 is 2.53 bits per heavy atom. The number of para-hydroxylation sites is 1. The first-order valence-corrected chi connectivity index (χ1v) is 11.4. The van der Waals surface area contributed by atoms with Crippen LogP contribution in [0.1, 0.15) is 57.9 Å². The Hall–Kier alpha value is -2.60. The number of rotatable bonds is 5. The molecule has 4 rings (SSSR count). The van der Waals surface area contributed by atoms with Gasteiger partial charge >= 0.3 is 0 Å². The van der Waals surface area contributed by atoms with Gasteiger partial charge in [0.05, 0.1) is 0 Å². The summed E-state index contributed by atoms with van der Waals surface area (Å²) in [6, 6.07) is 16.6. The van der Waals surface area contributed by atoms with E-state index in [1.165, 1.54) is 5.56 Å². The van der Waals surface area contributed by atoms with Crippen LogP contribution in [0.3, 0.4) is 0 Å². The molecular weight excluding hydrogens is 392 g/mol. The number of hydrogen-bond donors (Lipinski definition) is 1. The van der Waals surface area contributed by atoms with Crippen LogP contribution < -0.4 is 10.1 Å². The van der Waals surface area contributed by atoms with Crippen LogP contribution in [0, 0.1) is 0 Å². The summed E-state index contributed by atoms with van der Waals surface area (Å²) in [5.74, 6) is 1.50. The number of unbranched alkanes of at least 4 members (excludes halogenated alkanes) is 1. The van der Waals surface area contributed by atoms with E-state index < -0.39 is 0 Å². The molecule has 0 saturated carbocycles. The first-order chi connectivity index (χ1) is 14.5. The van der Waals surface area contributed by atoms with Crippen LogP contribution in [0.4, 0.5) is 5.69 Å². The zero-order valence-corrected chi connectivity index (χ0v) is 18.8. The minimum absolute atomic E-state index is 0.108. The molecule has 0 aliphatic carbocycles. The van der Waals surface area contributed by atoms with Gasteiger partial charge in [-0.25, -0.2) is 0 Å². The van der Waals surface area contributed by atoms with Gasteiger partial charge in [0.15, 0.2) is 11.9 Å². The number of fused-ring (bicyclic) bond motifs is 3. The van der Waals surface area contributed by atoms with Gasteiger partial charge in [-0.05, 0) is 23.5 Å². The molecule has 1 aliphatic rings. The fraction of sp³-hybridized carbons (Fsp3) is 0.375. The van der Waals surface area contributed by atoms with E-state index in [1.807, 2.05) is 24.3 Å². The Balaban J connectivity index is 1.70. The van der Waals surface area contributed by atoms with Crippen molar-refractivity contribution in [3.05, 3.63) is 59.7 Å². The van der Waals surface area contributed by atoms with Crippen molar-refractivity contribution in [3.63, 3.8) is 0 Å². The molecule has 0 spiro atoms. The molecule has 30 heavy (non-hydrogen) atoms. The van der Waals surface area contributed by atoms with Gasteiger partial charge in [0.2, 0.25) is 11.0 Å². The van der Waals surface area contributed by atoms with Crippen LogP contribution in [0.5, 0.6) is 5.88 Å². The van der Waals surface area contributed by atoms with Crippen LogP contribution in [0.15, 0.2) is 53.7 Å². The molecule has 2 heterocycles. The fourth-order valence-electron chi connectivity index (χ4n) is 3.32. The van der Waals surface area contributed by atoms with Gasteiger partial charge in [-0.2, -0.15) is 4.98 Å². The number of benzene rings is 2. The quantitative estimate of drug-likeness (QED) is 0.390. The summed E-state index contributed by atoms with van der Waals surface area (Å²) < 4.78 is 6.36. The molecule has 1 atom stereocenters. The SMILES string of the molecule is CCCCSc1nnc2c(n1)O[C@H](c1ccc(C(C)(C)C)cc1)Nc1ccccc1-2. The first-order valence-electron chi connectivity index (χ1n) is 10.5. The van der Waals surface area contributed by atoms with Crippen molar-refractivity contribution in [3.8, 4) is 17.1 Å². The molecule has 0 amide bonds. The summed E-state index contributed by atoms with van der Waals surface area (Å²) in [6.45, 7) is 8.83. The second kappa shape index (κ2) is 8.64. The molecule has 2 aromatic carbocycles. The third-order valence-electron chi connectivity index (χ3n) is 5.14. The molecule has 0 unspecified atom stereocenters. The number of hydrogen-bond acceptors (Lipinski definition) is 6. The number of aromatic nitrogens is 3. The monoisotopic (exact) mass is 420 g/mol. The number of thioether (sulfide) groups is 1. The largest absolute Gasteiger partial charge is 0.448 e. The molecule has 0 bridgehead atoms. The molecule has 0 fully saturated rings. The first kappa shape index (κ1) is 20.7. The third kappa shape index (κ3) is 4.43. The summed E-state index contributed by atoms with van der Waals surface area (Å²) in [4.78, 5) is 4.70. The van der Waals surface area contributed by atoms with Gasteiger partial charge in [-0.15, -0.1) is 10.2 Å². The second-order valence-corrected chi connectivity index (χ2v) is 9.57. The lowest BCUT2D eigenvalue weighted by Gasteiger charge is -2.22. The molecular formula is C24H28N4OS. The van der Waals surface area contributed by atoms with E-state index in [1.54, 1.807) is 11.8 Å². The Morgan fingerprint density at radius 2 is 1.80 bits per heavy atom. The van der Waals surface area contributed by atoms with Crippen LogP contribution in [-0.2, 0) is 5.41 Å². The molecule has 0 radical (unpaired) electrons. The molecule has 0 saturated heterocycles. The van der Waals surface area contributed by atoms with Crippen molar-refractivity contribution in [2.24, 2.45) is 0 Å². The van der Waals surface area contributed by atoms with Crippen molar-refractivity contribution in [2.75, 3.05) is 11.1 Å². The maximum absolute atomic E-state index is 6.36. The van der Waals surface area contributed by atoms with E-state index in [0.29, 0.717) is 16.7 Å². The minimum atomic E-state index is -0.355. The lowest BCUT2D eigenvalue weighted by atomic mass is 9.86. The Morgan fingerprint density at radius 1 is 1.03 bits per heavy atom. The third-order valence-corrected chi connectivity index (χ3v) is 6.07. The van der Waals surface area contributed by atoms with E-state index in [9.17, 15) is 0 Å². The lowest BCUT2D eigenvalue weighted by Crippen LogP contribution is -2.18. The highest BCUT2D eigenvalue weighted by atomic mass is 32.2. The molecule has 6 heteroatoms. The summed E-state index contributed by atoms with van der Waals surface area (Å²) in [5, 5.41) is 13.0. The van der Waals surface area contributed by atoms with Gasteiger partial charge in [0.1, 0.15) is 0 Å². The van der Waals surface area contributed by atoms with Crippen molar-refractivity contribution < 1.29 is 4.74 Å². The smallest absolute Gasteiger partial charge is 0.247 e. The average Bonchev–Trinajstić information content (AvgIpc) is 2.90. The zero-order chi connectivity index (χ0) is 21.1. The van der Waals surface area contributed by atoms with Crippen LogP contribution in [0.25, 0.3) is 11.3 Å². The maximum atomic E-state index is 6.36. The standard InChI is InChI=1S/C24H28N4OS/c1-5-6-15-30-23-26-22-20(27-28-23)18-9-7-8-10-19(18)25-21(29-22)16-11-13-17(14-12-16)24(2,3)4/h7-14,21,25H,5-6,15H2,1-4H3/t21-/m1/s1. The van der Waals surface area contributed by atoms with Gasteiger partial charge < -0.3 is 10.1 Å². The molecule has 1 aliphatic heterocycles. The Kier molecular flexibility index (Phi) is 5.95. The highest BCUT2D eigenvalue weighted by Gasteiger charge is 2.26. The van der Waals surface area contributed by atoms with Gasteiger partial charge in [0, 0.05) is 22.6 Å². The van der Waals surface area contributed by atoms with Gasteiger partial charge in [-0.3, -0.25) is 0 Å². The molecule has 156 valence electrons. The topological polar surface area (TPSA) is 59.9 Å². The Labute approximate surface area is 182 Å². The van der Waals surface area contributed by atoms with Crippen molar-refractivity contribution in [1.82, 2.24) is 15.2 Å². The van der Waals surface area contributed by atoms with E-state index in [4.69, 9.17) is 9.72 Å². The number of nitrogens with one attached hydrogen (secondary N) is 1. The number of anilines is 1. The summed E-state index contributed by atoms with van der Waals surface area (Å²) >= 11 is 1.62. The highest BCUT2D eigenvalue weighted by Crippen LogP contribution is 2.39. The van der Waals surface area contributed by atoms with E-state index in [2.05, 4.69) is 67.5 Å². The highest BCUT2D eigenvalue weighted by molar-refractivity contribution is 7.99. The second-order valence-electron chi connectivity index (χ2n) is 8.51. The van der Waals surface area contributed by atoms with Gasteiger partial charge in [-0.1, -0.05) is 88.3 Å². The zero-order valence-electron chi connectivity index (χ0n) is 18.0. The van der Waals surface area contributed by atoms with Crippen molar-refractivity contribution >= 4 is 17.4 Å². The fourth-order valence-corrected chi connectivity index (χ4v) is 4.19. The van der Waals surface area contributed by atoms with Crippen LogP contribution >= 0.6 is 11.8 Å². The Bertz CT molecular complexity index is 1010. The minimum Gasteiger partial charge on any atom is -0.448 e. The predicted molar refractivity (Wildman–Crippen MR) is 123 cm³/mol. The van der Waals surface area contributed by atoms with E-state index in [-0.39, 0.29) is 11.6 Å². The van der Waals surface area contributed by atoms with Crippen molar-refractivity contribution in [1.29, 1.82) is 0 Å². The summed E-state index contributed by atoms with van der Waals surface area (Å²) in [6.07, 6.45) is 1.91. The summed E-state index contributed by atoms with van der Waals surface area (Å²) in [5.41, 5.74) is 5.03. The number of nitrogens with zero attached hydrogens (tertiary/aromatic N) is 3. The van der Waals surface area contributed by atoms with Crippen molar-refractivity contribution in [2.45, 2.75) is 57.3 Å². The van der Waals surface area contributed by atoms with E-state index >= 15 is 0 Å². The predicted octanol–water partition coefficient (Wildman–Crippen LogP) is 6.23. The van der Waals surface area contributed by atoms with Crippen LogP contribution in [0.2, 0.25) is 0 Å².